The Hall–Kier alpha value is -2.80. The lowest BCUT2D eigenvalue weighted by Crippen LogP contribution is -1.96. The normalized spacial score (nSPS) is 11.0. The van der Waals surface area contributed by atoms with E-state index < -0.39 is 0 Å². The van der Waals surface area contributed by atoms with Gasteiger partial charge in [-0.1, -0.05) is 12.1 Å². The first-order chi connectivity index (χ1) is 10.8. The number of hydrogen-bond donors (Lipinski definition) is 1. The van der Waals surface area contributed by atoms with Crippen molar-refractivity contribution in [3.8, 4) is 17.1 Å². The van der Waals surface area contributed by atoms with Crippen molar-refractivity contribution in [3.05, 3.63) is 59.1 Å². The summed E-state index contributed by atoms with van der Waals surface area (Å²) in [7, 11) is 1.62. The minimum Gasteiger partial charge on any atom is -0.496 e. The van der Waals surface area contributed by atoms with Gasteiger partial charge in [-0.2, -0.15) is 14.9 Å². The maximum absolute atomic E-state index is 5.30. The molecule has 0 aliphatic carbocycles. The average Bonchev–Trinajstić information content (AvgIpc) is 2.95. The van der Waals surface area contributed by atoms with Crippen LogP contribution >= 0.6 is 12.2 Å². The summed E-state index contributed by atoms with van der Waals surface area (Å²) in [5.74, 6) is 1.34. The minimum atomic E-state index is 0.407. The SMILES string of the molecule is COc1ccccc1C=Nn1c(-c2cccnc2)n[nH]c1=S. The van der Waals surface area contributed by atoms with Crippen LogP contribution in [-0.2, 0) is 0 Å². The molecule has 0 bridgehead atoms. The Morgan fingerprint density at radius 1 is 1.27 bits per heavy atom. The highest BCUT2D eigenvalue weighted by molar-refractivity contribution is 7.71. The molecular formula is C15H13N5OS. The summed E-state index contributed by atoms with van der Waals surface area (Å²) >= 11 is 5.23. The van der Waals surface area contributed by atoms with Crippen molar-refractivity contribution in [1.82, 2.24) is 19.9 Å². The second kappa shape index (κ2) is 6.31. The van der Waals surface area contributed by atoms with Crippen LogP contribution < -0.4 is 4.74 Å². The molecule has 0 atom stereocenters. The number of methoxy groups -OCH3 is 1. The van der Waals surface area contributed by atoms with Gasteiger partial charge >= 0.3 is 0 Å². The van der Waals surface area contributed by atoms with Crippen molar-refractivity contribution >= 4 is 18.4 Å². The molecule has 7 heteroatoms. The molecule has 1 aromatic carbocycles. The van der Waals surface area contributed by atoms with E-state index in [-0.39, 0.29) is 0 Å². The van der Waals surface area contributed by atoms with Gasteiger partial charge in [-0.15, -0.1) is 0 Å². The zero-order chi connectivity index (χ0) is 15.4. The molecule has 22 heavy (non-hydrogen) atoms. The Balaban J connectivity index is 2.01. The predicted molar refractivity (Wildman–Crippen MR) is 86.6 cm³/mol. The molecule has 0 radical (unpaired) electrons. The Morgan fingerprint density at radius 3 is 2.91 bits per heavy atom. The van der Waals surface area contributed by atoms with Crippen molar-refractivity contribution < 1.29 is 4.74 Å². The van der Waals surface area contributed by atoms with Gasteiger partial charge in [0.05, 0.1) is 13.3 Å². The maximum Gasteiger partial charge on any atom is 0.216 e. The fourth-order valence-electron chi connectivity index (χ4n) is 1.97. The van der Waals surface area contributed by atoms with Crippen LogP contribution in [0.2, 0.25) is 0 Å². The summed E-state index contributed by atoms with van der Waals surface area (Å²) in [4.78, 5) is 4.08. The van der Waals surface area contributed by atoms with Crippen molar-refractivity contribution in [1.29, 1.82) is 0 Å². The highest BCUT2D eigenvalue weighted by Gasteiger charge is 2.08. The van der Waals surface area contributed by atoms with Crippen LogP contribution in [0.3, 0.4) is 0 Å². The highest BCUT2D eigenvalue weighted by atomic mass is 32.1. The van der Waals surface area contributed by atoms with Gasteiger partial charge in [0.25, 0.3) is 0 Å². The van der Waals surface area contributed by atoms with Crippen molar-refractivity contribution in [2.45, 2.75) is 0 Å². The number of rotatable bonds is 4. The molecule has 2 aromatic heterocycles. The number of aromatic amines is 1. The predicted octanol–water partition coefficient (Wildman–Crippen LogP) is 2.89. The van der Waals surface area contributed by atoms with E-state index in [1.54, 1.807) is 30.4 Å². The number of ether oxygens (including phenoxy) is 1. The zero-order valence-corrected chi connectivity index (χ0v) is 12.6. The van der Waals surface area contributed by atoms with Gasteiger partial charge in [0.2, 0.25) is 4.77 Å². The van der Waals surface area contributed by atoms with Crippen molar-refractivity contribution in [2.24, 2.45) is 5.10 Å². The number of nitrogens with zero attached hydrogens (tertiary/aromatic N) is 4. The van der Waals surface area contributed by atoms with Gasteiger partial charge in [-0.25, -0.2) is 5.10 Å². The largest absolute Gasteiger partial charge is 0.496 e. The summed E-state index contributed by atoms with van der Waals surface area (Å²) < 4.78 is 7.26. The Labute approximate surface area is 132 Å². The maximum atomic E-state index is 5.30. The molecule has 3 rings (SSSR count). The highest BCUT2D eigenvalue weighted by Crippen LogP contribution is 2.17. The van der Waals surface area contributed by atoms with Crippen LogP contribution in [-0.4, -0.2) is 33.2 Å². The van der Waals surface area contributed by atoms with E-state index in [4.69, 9.17) is 17.0 Å². The molecule has 6 nitrogen and oxygen atoms in total. The third-order valence-electron chi connectivity index (χ3n) is 3.02. The molecule has 0 amide bonds. The van der Waals surface area contributed by atoms with Gasteiger partial charge in [0.1, 0.15) is 5.75 Å². The molecule has 1 N–H and O–H groups in total. The van der Waals surface area contributed by atoms with E-state index >= 15 is 0 Å². The lowest BCUT2D eigenvalue weighted by molar-refractivity contribution is 0.414. The van der Waals surface area contributed by atoms with E-state index in [0.717, 1.165) is 16.9 Å². The van der Waals surface area contributed by atoms with Crippen LogP contribution in [0.15, 0.2) is 53.9 Å². The standard InChI is InChI=1S/C15H13N5OS/c1-21-13-7-3-2-5-11(13)10-17-20-14(18-19-15(20)22)12-6-4-8-16-9-12/h2-10H,1H3,(H,19,22). The van der Waals surface area contributed by atoms with Crippen LogP contribution in [0.4, 0.5) is 0 Å². The Kier molecular flexibility index (Phi) is 4.06. The molecule has 0 saturated heterocycles. The monoisotopic (exact) mass is 311 g/mol. The smallest absolute Gasteiger partial charge is 0.216 e. The molecule has 0 fully saturated rings. The van der Waals surface area contributed by atoms with Crippen LogP contribution in [0, 0.1) is 4.77 Å². The lowest BCUT2D eigenvalue weighted by Gasteiger charge is -2.03. The van der Waals surface area contributed by atoms with E-state index in [9.17, 15) is 0 Å². The van der Waals surface area contributed by atoms with E-state index in [2.05, 4.69) is 20.3 Å². The molecular weight excluding hydrogens is 298 g/mol. The van der Waals surface area contributed by atoms with Gasteiger partial charge < -0.3 is 4.74 Å². The second-order valence-electron chi connectivity index (χ2n) is 4.39. The molecule has 110 valence electrons. The zero-order valence-electron chi connectivity index (χ0n) is 11.8. The molecule has 0 aliphatic heterocycles. The third kappa shape index (κ3) is 2.79. The second-order valence-corrected chi connectivity index (χ2v) is 4.78. The Bertz CT molecular complexity index is 854. The number of pyridine rings is 1. The quantitative estimate of drug-likeness (QED) is 0.594. The molecule has 3 aromatic rings. The molecule has 0 saturated carbocycles. The van der Waals surface area contributed by atoms with Crippen molar-refractivity contribution in [3.63, 3.8) is 0 Å². The fraction of sp³-hybridized carbons (Fsp3) is 0.0667. The third-order valence-corrected chi connectivity index (χ3v) is 3.29. The first-order valence-corrected chi connectivity index (χ1v) is 6.95. The van der Waals surface area contributed by atoms with E-state index in [1.165, 1.54) is 0 Å². The summed E-state index contributed by atoms with van der Waals surface area (Å²) in [5, 5.41) is 11.4. The minimum absolute atomic E-state index is 0.407. The average molecular weight is 311 g/mol. The van der Waals surface area contributed by atoms with Crippen LogP contribution in [0.25, 0.3) is 11.4 Å². The summed E-state index contributed by atoms with van der Waals surface area (Å²) in [6.45, 7) is 0. The van der Waals surface area contributed by atoms with E-state index in [1.807, 2.05) is 36.4 Å². The van der Waals surface area contributed by atoms with Crippen LogP contribution in [0.5, 0.6) is 5.75 Å². The summed E-state index contributed by atoms with van der Waals surface area (Å²) in [5.41, 5.74) is 1.68. The molecule has 0 aliphatic rings. The molecule has 0 spiro atoms. The fourth-order valence-corrected chi connectivity index (χ4v) is 2.15. The van der Waals surface area contributed by atoms with Gasteiger partial charge in [0.15, 0.2) is 5.82 Å². The number of benzene rings is 1. The molecule has 2 heterocycles. The van der Waals surface area contributed by atoms with Gasteiger partial charge in [-0.3, -0.25) is 4.98 Å². The van der Waals surface area contributed by atoms with Crippen LogP contribution in [0.1, 0.15) is 5.56 Å². The number of para-hydroxylation sites is 1. The number of aromatic nitrogens is 4. The first-order valence-electron chi connectivity index (χ1n) is 6.55. The van der Waals surface area contributed by atoms with Gasteiger partial charge in [0, 0.05) is 23.5 Å². The first kappa shape index (κ1) is 14.2. The van der Waals surface area contributed by atoms with E-state index in [0.29, 0.717) is 10.6 Å². The topological polar surface area (TPSA) is 68.1 Å². The molecule has 0 unspecified atom stereocenters. The number of nitrogens with one attached hydrogen (secondary N) is 1. The number of hydrogen-bond acceptors (Lipinski definition) is 5. The summed E-state index contributed by atoms with van der Waals surface area (Å²) in [6, 6.07) is 11.3. The van der Waals surface area contributed by atoms with Gasteiger partial charge in [-0.05, 0) is 36.5 Å². The summed E-state index contributed by atoms with van der Waals surface area (Å²) in [6.07, 6.45) is 5.09. The van der Waals surface area contributed by atoms with Crippen molar-refractivity contribution in [2.75, 3.05) is 7.11 Å². The Morgan fingerprint density at radius 2 is 2.14 bits per heavy atom. The lowest BCUT2D eigenvalue weighted by atomic mass is 10.2. The number of H-pyrrole nitrogens is 1.